The van der Waals surface area contributed by atoms with Crippen LogP contribution in [0.2, 0.25) is 0 Å². The van der Waals surface area contributed by atoms with E-state index in [0.29, 0.717) is 17.5 Å². The van der Waals surface area contributed by atoms with Gasteiger partial charge >= 0.3 is 0 Å². The van der Waals surface area contributed by atoms with Gasteiger partial charge in [-0.15, -0.1) is 42.0 Å². The normalized spacial score (nSPS) is 12.5. The maximum atomic E-state index is 13.8. The van der Waals surface area contributed by atoms with Crippen molar-refractivity contribution in [2.24, 2.45) is 0 Å². The van der Waals surface area contributed by atoms with Crippen LogP contribution < -0.4 is 0 Å². The van der Waals surface area contributed by atoms with Gasteiger partial charge in [-0.05, 0) is 54.1 Å². The molecule has 5 nitrogen and oxygen atoms in total. The number of furan rings is 1. The summed E-state index contributed by atoms with van der Waals surface area (Å²) in [5, 5.41) is 4.43. The molecule has 5 aromatic carbocycles. The van der Waals surface area contributed by atoms with Crippen LogP contribution in [-0.2, 0) is 20.1 Å². The Labute approximate surface area is 338 Å². The van der Waals surface area contributed by atoms with Gasteiger partial charge in [-0.25, -0.2) is 4.98 Å². The summed E-state index contributed by atoms with van der Waals surface area (Å²) in [6.45, 7) is 10.7. The molecule has 4 aromatic heterocycles. The van der Waals surface area contributed by atoms with Crippen LogP contribution in [0, 0.1) is 38.6 Å². The van der Waals surface area contributed by atoms with E-state index in [1.54, 1.807) is 12.3 Å². The minimum atomic E-state index is -2.32. The average molecular weight is 904 g/mol. The van der Waals surface area contributed by atoms with E-state index in [2.05, 4.69) is 117 Å². The predicted octanol–water partition coefficient (Wildman–Crippen LogP) is 12.8. The molecule has 0 N–H and O–H groups in total. The minimum Gasteiger partial charge on any atom is -0.501 e. The zero-order valence-corrected chi connectivity index (χ0v) is 33.9. The second-order valence-electron chi connectivity index (χ2n) is 14.3. The Hall–Kier alpha value is -5.49. The molecule has 1 radical (unpaired) electrons. The second-order valence-corrected chi connectivity index (χ2v) is 14.3. The second kappa shape index (κ2) is 15.3. The molecule has 9 rings (SSSR count). The molecule has 7 heteroatoms. The average Bonchev–Trinajstić information content (AvgIpc) is 3.77. The number of fused-ring (bicyclic) bond motifs is 6. The fourth-order valence-electron chi connectivity index (χ4n) is 7.25. The van der Waals surface area contributed by atoms with Crippen LogP contribution in [0.25, 0.3) is 72.2 Å². The standard InChI is InChI=1S/C35H30N3O.C13H11FN.Ir/c1-20(2)23-15-10-16-24(21(3)4)31(23)38-32-27-14-7-6-12-25(27)22(5)36-34(32)37-35(38)29-18-11-17-28-26-13-8-9-19-30(26)39-33(28)29;1-9-3-5-11(12(14)7-9)13-6-4-10(2)8-15-13;/h6-17,19-21H,1-5H3;3-4,6-8H,1-2H3;/q2*-1;/i;1D3;. The molecule has 0 amide bonds. The van der Waals surface area contributed by atoms with E-state index in [9.17, 15) is 4.39 Å². The van der Waals surface area contributed by atoms with Gasteiger partial charge in [0.1, 0.15) is 5.58 Å². The van der Waals surface area contributed by atoms with E-state index in [1.165, 1.54) is 22.9 Å². The molecule has 9 aromatic rings. The maximum Gasteiger partial charge on any atom is 0.169 e. The number of aromatic nitrogens is 4. The number of pyridine rings is 2. The Morgan fingerprint density at radius 1 is 0.745 bits per heavy atom. The van der Waals surface area contributed by atoms with Crippen molar-refractivity contribution >= 4 is 43.9 Å². The largest absolute Gasteiger partial charge is 0.501 e. The first-order valence-electron chi connectivity index (χ1n) is 19.7. The Morgan fingerprint density at radius 2 is 1.45 bits per heavy atom. The number of halogens is 1. The SMILES string of the molecule is Cc1nc2nc(-c3[c-]ccc4c3oc3ccccc34)n(-c3c(C(C)C)cccc3C(C)C)c2c2ccccc12.[2H]C([2H])([2H])c1c[c-]c(-c2ccc(C)cn2)c(F)c1.[Ir]. The van der Waals surface area contributed by atoms with Crippen molar-refractivity contribution in [2.75, 3.05) is 0 Å². The fraction of sp³-hybridized carbons (Fsp3) is 0.188. The topological polar surface area (TPSA) is 56.7 Å². The van der Waals surface area contributed by atoms with Crippen LogP contribution in [0.5, 0.6) is 0 Å². The molecule has 0 saturated carbocycles. The third-order valence-corrected chi connectivity index (χ3v) is 9.89. The van der Waals surface area contributed by atoms with Gasteiger partial charge in [0.15, 0.2) is 5.65 Å². The molecule has 0 aliphatic carbocycles. The summed E-state index contributed by atoms with van der Waals surface area (Å²) < 4.78 is 44.3. The van der Waals surface area contributed by atoms with Crippen molar-refractivity contribution in [2.45, 2.75) is 60.2 Å². The van der Waals surface area contributed by atoms with Crippen molar-refractivity contribution in [3.8, 4) is 28.3 Å². The zero-order chi connectivity index (χ0) is 40.2. The molecule has 0 bridgehead atoms. The number of hydrogen-bond donors (Lipinski definition) is 0. The van der Waals surface area contributed by atoms with E-state index in [-0.39, 0.29) is 31.2 Å². The van der Waals surface area contributed by atoms with E-state index < -0.39 is 12.7 Å². The molecular weight excluding hydrogens is 860 g/mol. The summed E-state index contributed by atoms with van der Waals surface area (Å²) in [6, 6.07) is 39.4. The molecule has 0 atom stereocenters. The Balaban J connectivity index is 0.000000227. The van der Waals surface area contributed by atoms with Crippen molar-refractivity contribution in [1.82, 2.24) is 19.5 Å². The van der Waals surface area contributed by atoms with Crippen LogP contribution >= 0.6 is 0 Å². The number of benzene rings is 5. The summed E-state index contributed by atoms with van der Waals surface area (Å²) in [6.07, 6.45) is 1.63. The first-order valence-corrected chi connectivity index (χ1v) is 18.2. The number of aryl methyl sites for hydroxylation is 3. The quantitative estimate of drug-likeness (QED) is 0.162. The summed E-state index contributed by atoms with van der Waals surface area (Å²) in [4.78, 5) is 14.4. The number of rotatable bonds is 5. The number of para-hydroxylation sites is 2. The monoisotopic (exact) mass is 904 g/mol. The summed E-state index contributed by atoms with van der Waals surface area (Å²) in [5.41, 5.74) is 10.5. The van der Waals surface area contributed by atoms with E-state index >= 15 is 0 Å². The van der Waals surface area contributed by atoms with Gasteiger partial charge in [0.25, 0.3) is 0 Å². The van der Waals surface area contributed by atoms with Crippen LogP contribution in [-0.4, -0.2) is 19.5 Å². The van der Waals surface area contributed by atoms with Gasteiger partial charge in [0.2, 0.25) is 0 Å². The van der Waals surface area contributed by atoms with E-state index in [1.807, 2.05) is 31.2 Å². The van der Waals surface area contributed by atoms with Crippen molar-refractivity contribution in [3.05, 3.63) is 155 Å². The number of hydrogen-bond acceptors (Lipinski definition) is 4. The van der Waals surface area contributed by atoms with Crippen molar-refractivity contribution < 1.29 is 33.0 Å². The number of nitrogens with zero attached hydrogens (tertiary/aromatic N) is 4. The molecule has 0 spiro atoms. The summed E-state index contributed by atoms with van der Waals surface area (Å²) >= 11 is 0. The van der Waals surface area contributed by atoms with Gasteiger partial charge in [-0.1, -0.05) is 124 Å². The van der Waals surface area contributed by atoms with Crippen LogP contribution in [0.15, 0.2) is 114 Å². The molecule has 277 valence electrons. The van der Waals surface area contributed by atoms with E-state index in [0.717, 1.165) is 72.6 Å². The summed E-state index contributed by atoms with van der Waals surface area (Å²) in [5.74, 6) is 0.812. The molecule has 0 saturated heterocycles. The molecule has 0 aliphatic rings. The van der Waals surface area contributed by atoms with Gasteiger partial charge < -0.3 is 14.0 Å². The molecule has 55 heavy (non-hydrogen) atoms. The molecule has 0 fully saturated rings. The Bertz CT molecular complexity index is 2920. The molecular formula is C48H41FIrN4O-2. The fourth-order valence-corrected chi connectivity index (χ4v) is 7.25. The third kappa shape index (κ3) is 6.88. The number of imidazole rings is 1. The Kier molecular flexibility index (Phi) is 9.49. The molecule has 0 unspecified atom stereocenters. The van der Waals surface area contributed by atoms with Crippen LogP contribution in [0.3, 0.4) is 0 Å². The first-order chi connectivity index (χ1) is 27.3. The van der Waals surface area contributed by atoms with E-state index in [4.69, 9.17) is 18.5 Å². The summed E-state index contributed by atoms with van der Waals surface area (Å²) in [7, 11) is 0. The smallest absolute Gasteiger partial charge is 0.169 e. The van der Waals surface area contributed by atoms with Crippen molar-refractivity contribution in [3.63, 3.8) is 0 Å². The minimum absolute atomic E-state index is 0. The van der Waals surface area contributed by atoms with Gasteiger partial charge in [0, 0.05) is 63.8 Å². The predicted molar refractivity (Wildman–Crippen MR) is 219 cm³/mol. The van der Waals surface area contributed by atoms with Crippen LogP contribution in [0.4, 0.5) is 4.39 Å². The van der Waals surface area contributed by atoms with Gasteiger partial charge in [0.05, 0.1) is 16.9 Å². The van der Waals surface area contributed by atoms with Crippen molar-refractivity contribution in [1.29, 1.82) is 0 Å². The Morgan fingerprint density at radius 3 is 2.13 bits per heavy atom. The van der Waals surface area contributed by atoms with Crippen LogP contribution in [0.1, 0.15) is 71.6 Å². The zero-order valence-electron chi connectivity index (χ0n) is 34.5. The maximum absolute atomic E-state index is 13.8. The first kappa shape index (κ1) is 34.0. The molecule has 0 aliphatic heterocycles. The third-order valence-electron chi connectivity index (χ3n) is 9.89. The molecule has 4 heterocycles. The van der Waals surface area contributed by atoms with Gasteiger partial charge in [-0.2, -0.15) is 0 Å². The van der Waals surface area contributed by atoms with Gasteiger partial charge in [-0.3, -0.25) is 9.37 Å².